The molecular weight excluding hydrogens is 343 g/mol. The molecule has 7 heteroatoms. The molecule has 0 radical (unpaired) electrons. The van der Waals surface area contributed by atoms with Crippen LogP contribution in [0.3, 0.4) is 0 Å². The molecule has 114 valence electrons. The van der Waals surface area contributed by atoms with Crippen LogP contribution in [0.25, 0.3) is 0 Å². The first-order valence-corrected chi connectivity index (χ1v) is 7.93. The molecule has 1 saturated heterocycles. The Morgan fingerprint density at radius 2 is 2.24 bits per heavy atom. The third-order valence-corrected chi connectivity index (χ3v) is 4.12. The summed E-state index contributed by atoms with van der Waals surface area (Å²) in [6, 6.07) is 3.02. The first kappa shape index (κ1) is 15.9. The predicted octanol–water partition coefficient (Wildman–Crippen LogP) is 3.37. The number of nitro groups is 1. The molecular formula is C14H16BrFN2O3. The molecule has 1 fully saturated rings. The Morgan fingerprint density at radius 1 is 1.48 bits per heavy atom. The van der Waals surface area contributed by atoms with Crippen molar-refractivity contribution < 1.29 is 14.1 Å². The van der Waals surface area contributed by atoms with Crippen molar-refractivity contribution in [1.29, 1.82) is 0 Å². The average Bonchev–Trinajstić information content (AvgIpc) is 2.46. The second-order valence-electron chi connectivity index (χ2n) is 5.19. The van der Waals surface area contributed by atoms with Crippen LogP contribution < -0.4 is 0 Å². The van der Waals surface area contributed by atoms with E-state index in [-0.39, 0.29) is 11.5 Å². The van der Waals surface area contributed by atoms with Gasteiger partial charge in [-0.15, -0.1) is 0 Å². The second-order valence-corrected chi connectivity index (χ2v) is 5.99. The standard InChI is InChI=1S/C14H16BrFN2O3/c15-4-3-10-2-1-5-17(9-10)14(19)11-6-12(16)8-13(7-11)18(20)21/h6-8,10H,1-5,9H2. The highest BCUT2D eigenvalue weighted by Gasteiger charge is 2.25. The first-order chi connectivity index (χ1) is 10.0. The largest absolute Gasteiger partial charge is 0.338 e. The third-order valence-electron chi connectivity index (χ3n) is 3.66. The lowest BCUT2D eigenvalue weighted by atomic mass is 9.95. The molecule has 2 rings (SSSR count). The highest BCUT2D eigenvalue weighted by Crippen LogP contribution is 2.23. The zero-order valence-corrected chi connectivity index (χ0v) is 13.0. The molecule has 0 aliphatic carbocycles. The normalized spacial score (nSPS) is 18.6. The summed E-state index contributed by atoms with van der Waals surface area (Å²) in [5, 5.41) is 11.6. The van der Waals surface area contributed by atoms with Gasteiger partial charge in [-0.3, -0.25) is 14.9 Å². The minimum absolute atomic E-state index is 0.0428. The van der Waals surface area contributed by atoms with Crippen molar-refractivity contribution in [2.45, 2.75) is 19.3 Å². The van der Waals surface area contributed by atoms with Gasteiger partial charge in [-0.05, 0) is 31.2 Å². The van der Waals surface area contributed by atoms with Gasteiger partial charge in [0, 0.05) is 30.0 Å². The summed E-state index contributed by atoms with van der Waals surface area (Å²) in [5.41, 5.74) is -0.353. The Kier molecular flexibility index (Phi) is 5.27. The van der Waals surface area contributed by atoms with E-state index in [1.807, 2.05) is 0 Å². The number of amides is 1. The average molecular weight is 359 g/mol. The van der Waals surface area contributed by atoms with Crippen LogP contribution in [0.15, 0.2) is 18.2 Å². The van der Waals surface area contributed by atoms with Gasteiger partial charge in [0.05, 0.1) is 11.0 Å². The molecule has 0 spiro atoms. The summed E-state index contributed by atoms with van der Waals surface area (Å²) >= 11 is 3.39. The van der Waals surface area contributed by atoms with Crippen molar-refractivity contribution >= 4 is 27.5 Å². The van der Waals surface area contributed by atoms with Crippen LogP contribution in [0.1, 0.15) is 29.6 Å². The van der Waals surface area contributed by atoms with Crippen LogP contribution in [0.5, 0.6) is 0 Å². The van der Waals surface area contributed by atoms with Crippen LogP contribution in [0.2, 0.25) is 0 Å². The molecule has 5 nitrogen and oxygen atoms in total. The molecule has 1 heterocycles. The van der Waals surface area contributed by atoms with E-state index in [0.29, 0.717) is 19.0 Å². The van der Waals surface area contributed by atoms with E-state index in [0.717, 1.165) is 42.8 Å². The summed E-state index contributed by atoms with van der Waals surface area (Å²) in [6.45, 7) is 1.23. The fourth-order valence-corrected chi connectivity index (χ4v) is 3.27. The zero-order valence-electron chi connectivity index (χ0n) is 11.4. The van der Waals surface area contributed by atoms with Gasteiger partial charge in [0.15, 0.2) is 0 Å². The number of alkyl halides is 1. The minimum atomic E-state index is -0.762. The fourth-order valence-electron chi connectivity index (χ4n) is 2.63. The number of benzene rings is 1. The summed E-state index contributed by atoms with van der Waals surface area (Å²) in [4.78, 5) is 24.1. The van der Waals surface area contributed by atoms with E-state index in [2.05, 4.69) is 15.9 Å². The molecule has 0 aromatic heterocycles. The van der Waals surface area contributed by atoms with Crippen LogP contribution in [0.4, 0.5) is 10.1 Å². The fraction of sp³-hybridized carbons (Fsp3) is 0.500. The Balaban J connectivity index is 2.17. The van der Waals surface area contributed by atoms with Crippen molar-refractivity contribution in [1.82, 2.24) is 4.90 Å². The number of likely N-dealkylation sites (tertiary alicyclic amines) is 1. The molecule has 1 aliphatic heterocycles. The lowest BCUT2D eigenvalue weighted by Crippen LogP contribution is -2.40. The molecule has 0 bridgehead atoms. The van der Waals surface area contributed by atoms with Gasteiger partial charge in [-0.1, -0.05) is 15.9 Å². The summed E-state index contributed by atoms with van der Waals surface area (Å²) < 4.78 is 13.4. The van der Waals surface area contributed by atoms with E-state index in [4.69, 9.17) is 0 Å². The number of carbonyl (C=O) groups is 1. The number of rotatable bonds is 4. The smallest absolute Gasteiger partial charge is 0.273 e. The zero-order chi connectivity index (χ0) is 15.4. The maximum absolute atomic E-state index is 13.4. The van der Waals surface area contributed by atoms with Crippen LogP contribution in [0, 0.1) is 21.8 Å². The predicted molar refractivity (Wildman–Crippen MR) is 80.1 cm³/mol. The van der Waals surface area contributed by atoms with Crippen molar-refractivity contribution in [3.63, 3.8) is 0 Å². The molecule has 1 aromatic rings. The second kappa shape index (κ2) is 6.98. The van der Waals surface area contributed by atoms with Gasteiger partial charge in [0.1, 0.15) is 5.82 Å². The lowest BCUT2D eigenvalue weighted by Gasteiger charge is -2.32. The van der Waals surface area contributed by atoms with Gasteiger partial charge >= 0.3 is 0 Å². The number of piperidine rings is 1. The molecule has 0 N–H and O–H groups in total. The number of nitro benzene ring substituents is 1. The molecule has 1 aliphatic rings. The monoisotopic (exact) mass is 358 g/mol. The van der Waals surface area contributed by atoms with Crippen molar-refractivity contribution in [2.75, 3.05) is 18.4 Å². The summed E-state index contributed by atoms with van der Waals surface area (Å²) in [7, 11) is 0. The number of nitrogens with zero attached hydrogens (tertiary/aromatic N) is 2. The van der Waals surface area contributed by atoms with E-state index >= 15 is 0 Å². The topological polar surface area (TPSA) is 63.4 Å². The Labute approximate surface area is 130 Å². The number of hydrogen-bond donors (Lipinski definition) is 0. The highest BCUT2D eigenvalue weighted by molar-refractivity contribution is 9.09. The SMILES string of the molecule is O=C(c1cc(F)cc([N+](=O)[O-])c1)N1CCCC(CCBr)C1. The molecule has 0 saturated carbocycles. The molecule has 1 aromatic carbocycles. The van der Waals surface area contributed by atoms with Gasteiger partial charge in [-0.2, -0.15) is 0 Å². The number of non-ortho nitro benzene ring substituents is 1. The number of hydrogen-bond acceptors (Lipinski definition) is 3. The van der Waals surface area contributed by atoms with Crippen LogP contribution >= 0.6 is 15.9 Å². The number of halogens is 2. The van der Waals surface area contributed by atoms with Gasteiger partial charge in [0.25, 0.3) is 11.6 Å². The van der Waals surface area contributed by atoms with Gasteiger partial charge in [-0.25, -0.2) is 4.39 Å². The van der Waals surface area contributed by atoms with Crippen molar-refractivity contribution in [3.05, 3.63) is 39.7 Å². The minimum Gasteiger partial charge on any atom is -0.338 e. The maximum Gasteiger partial charge on any atom is 0.273 e. The molecule has 1 amide bonds. The Morgan fingerprint density at radius 3 is 2.90 bits per heavy atom. The summed E-state index contributed by atoms with van der Waals surface area (Å²) in [6.07, 6.45) is 2.95. The third kappa shape index (κ3) is 4.00. The molecule has 21 heavy (non-hydrogen) atoms. The Hall–Kier alpha value is -1.50. The van der Waals surface area contributed by atoms with E-state index in [1.165, 1.54) is 0 Å². The summed E-state index contributed by atoms with van der Waals surface area (Å²) in [5.74, 6) is -0.677. The Bertz CT molecular complexity index is 551. The molecule has 1 atom stereocenters. The van der Waals surface area contributed by atoms with Gasteiger partial charge < -0.3 is 4.90 Å². The quantitative estimate of drug-likeness (QED) is 0.470. The van der Waals surface area contributed by atoms with Crippen molar-refractivity contribution in [3.8, 4) is 0 Å². The van der Waals surface area contributed by atoms with Crippen LogP contribution in [-0.4, -0.2) is 34.2 Å². The molecule has 1 unspecified atom stereocenters. The first-order valence-electron chi connectivity index (χ1n) is 6.81. The van der Waals surface area contributed by atoms with Crippen LogP contribution in [-0.2, 0) is 0 Å². The highest BCUT2D eigenvalue weighted by atomic mass is 79.9. The number of carbonyl (C=O) groups excluding carboxylic acids is 1. The van der Waals surface area contributed by atoms with E-state index in [9.17, 15) is 19.3 Å². The van der Waals surface area contributed by atoms with E-state index in [1.54, 1.807) is 4.90 Å². The van der Waals surface area contributed by atoms with E-state index < -0.39 is 16.4 Å². The van der Waals surface area contributed by atoms with Gasteiger partial charge in [0.2, 0.25) is 0 Å². The van der Waals surface area contributed by atoms with Crippen molar-refractivity contribution in [2.24, 2.45) is 5.92 Å². The lowest BCUT2D eigenvalue weighted by molar-refractivity contribution is -0.385. The maximum atomic E-state index is 13.4.